The number of nitrogens with one attached hydrogen (secondary N) is 1. The normalized spacial score (nSPS) is 10.4. The highest BCUT2D eigenvalue weighted by atomic mass is 19.1. The summed E-state index contributed by atoms with van der Waals surface area (Å²) >= 11 is 0. The first-order valence-electron chi connectivity index (χ1n) is 8.06. The van der Waals surface area contributed by atoms with E-state index in [2.05, 4.69) is 23.3 Å². The molecule has 2 aromatic carbocycles. The summed E-state index contributed by atoms with van der Waals surface area (Å²) in [6.07, 6.45) is 2.69. The van der Waals surface area contributed by atoms with E-state index in [1.165, 1.54) is 12.3 Å². The molecule has 1 heterocycles. The van der Waals surface area contributed by atoms with Gasteiger partial charge in [-0.3, -0.25) is 4.79 Å². The van der Waals surface area contributed by atoms with Crippen molar-refractivity contribution < 1.29 is 18.3 Å². The number of carbonyl (C=O) groups is 1. The Balaban J connectivity index is 1.96. The lowest BCUT2D eigenvalue weighted by atomic mass is 10.0. The van der Waals surface area contributed by atoms with Crippen LogP contribution in [0.4, 0.5) is 14.6 Å². The molecule has 27 heavy (non-hydrogen) atoms. The number of halogens is 2. The number of benzene rings is 2. The molecule has 1 N–H and O–H groups in total. The molecule has 0 saturated heterocycles. The Labute approximate surface area is 154 Å². The Morgan fingerprint density at radius 2 is 1.93 bits per heavy atom. The van der Waals surface area contributed by atoms with Crippen molar-refractivity contribution in [2.45, 2.75) is 6.61 Å². The molecule has 0 aliphatic heterocycles. The summed E-state index contributed by atoms with van der Waals surface area (Å²) in [5.74, 6) is -2.78. The zero-order chi connectivity index (χ0) is 19.4. The van der Waals surface area contributed by atoms with Crippen molar-refractivity contribution in [2.24, 2.45) is 4.99 Å². The number of hydrogen-bond acceptors (Lipinski definition) is 3. The van der Waals surface area contributed by atoms with Crippen LogP contribution in [0.1, 0.15) is 27.0 Å². The zero-order valence-corrected chi connectivity index (χ0v) is 14.3. The Bertz CT molecular complexity index is 1010. The van der Waals surface area contributed by atoms with Gasteiger partial charge in [-0.25, -0.2) is 13.8 Å². The van der Waals surface area contributed by atoms with Crippen molar-refractivity contribution in [1.29, 1.82) is 0 Å². The maximum Gasteiger partial charge on any atom is 0.201 e. The minimum absolute atomic E-state index is 0.0467. The third-order valence-electron chi connectivity index (χ3n) is 4.03. The number of aromatic nitrogens is 1. The van der Waals surface area contributed by atoms with Gasteiger partial charge < -0.3 is 9.72 Å². The first-order valence-corrected chi connectivity index (χ1v) is 8.06. The van der Waals surface area contributed by atoms with E-state index >= 15 is 0 Å². The van der Waals surface area contributed by atoms with E-state index in [1.54, 1.807) is 0 Å². The lowest BCUT2D eigenvalue weighted by molar-refractivity contribution is 0.103. The van der Waals surface area contributed by atoms with Crippen LogP contribution in [-0.2, 0) is 6.61 Å². The number of aliphatic imine (C=N–C) groups is 1. The molecule has 0 unspecified atom stereocenters. The average molecular weight is 366 g/mol. The van der Waals surface area contributed by atoms with Crippen LogP contribution in [0.2, 0.25) is 0 Å². The van der Waals surface area contributed by atoms with Crippen molar-refractivity contribution in [1.82, 2.24) is 4.98 Å². The molecule has 0 amide bonds. The maximum atomic E-state index is 14.8. The molecular weight excluding hydrogens is 350 g/mol. The van der Waals surface area contributed by atoms with E-state index in [0.717, 1.165) is 17.7 Å². The fraction of sp³-hybridized carbons (Fsp3) is 0.0476. The molecule has 1 aromatic heterocycles. The van der Waals surface area contributed by atoms with Crippen molar-refractivity contribution >= 4 is 24.4 Å². The van der Waals surface area contributed by atoms with E-state index in [-0.39, 0.29) is 17.9 Å². The molecule has 3 aromatic rings. The lowest BCUT2D eigenvalue weighted by Gasteiger charge is -2.11. The van der Waals surface area contributed by atoms with Gasteiger partial charge in [0.1, 0.15) is 18.2 Å². The summed E-state index contributed by atoms with van der Waals surface area (Å²) in [6, 6.07) is 11.3. The molecule has 0 radical (unpaired) electrons. The van der Waals surface area contributed by atoms with Crippen molar-refractivity contribution in [2.75, 3.05) is 0 Å². The van der Waals surface area contributed by atoms with Crippen molar-refractivity contribution in [3.8, 4) is 5.75 Å². The highest BCUT2D eigenvalue weighted by Crippen LogP contribution is 2.30. The van der Waals surface area contributed by atoms with Crippen LogP contribution >= 0.6 is 0 Å². The van der Waals surface area contributed by atoms with Crippen molar-refractivity contribution in [3.05, 3.63) is 89.1 Å². The molecule has 0 fully saturated rings. The molecule has 0 spiro atoms. The van der Waals surface area contributed by atoms with Crippen LogP contribution in [0.5, 0.6) is 5.75 Å². The predicted octanol–water partition coefficient (Wildman–Crippen LogP) is 5.08. The largest absolute Gasteiger partial charge is 0.486 e. The summed E-state index contributed by atoms with van der Waals surface area (Å²) < 4.78 is 34.5. The SMILES string of the molecule is C=Cc1c(C(=O)c2c(F)ccc(OCc3ccccc3)c2F)c[nH]c1N=C. The Morgan fingerprint density at radius 1 is 1.19 bits per heavy atom. The molecular formula is C21H16F2N2O2. The minimum atomic E-state index is -1.06. The second kappa shape index (κ2) is 7.78. The fourth-order valence-electron chi connectivity index (χ4n) is 2.67. The van der Waals surface area contributed by atoms with Gasteiger partial charge in [0.2, 0.25) is 5.78 Å². The maximum absolute atomic E-state index is 14.8. The van der Waals surface area contributed by atoms with Gasteiger partial charge in [0, 0.05) is 17.3 Å². The molecule has 6 heteroatoms. The van der Waals surface area contributed by atoms with Gasteiger partial charge in [-0.15, -0.1) is 0 Å². The van der Waals surface area contributed by atoms with E-state index in [9.17, 15) is 13.6 Å². The molecule has 0 atom stereocenters. The Morgan fingerprint density at radius 3 is 2.59 bits per heavy atom. The van der Waals surface area contributed by atoms with E-state index in [0.29, 0.717) is 11.4 Å². The molecule has 4 nitrogen and oxygen atoms in total. The van der Waals surface area contributed by atoms with Gasteiger partial charge in [0.15, 0.2) is 11.6 Å². The Hall–Kier alpha value is -3.54. The van der Waals surface area contributed by atoms with Gasteiger partial charge in [-0.1, -0.05) is 43.0 Å². The smallest absolute Gasteiger partial charge is 0.201 e. The summed E-state index contributed by atoms with van der Waals surface area (Å²) in [7, 11) is 0. The van der Waals surface area contributed by atoms with Crippen molar-refractivity contribution in [3.63, 3.8) is 0 Å². The van der Waals surface area contributed by atoms with Crippen LogP contribution in [-0.4, -0.2) is 17.5 Å². The molecule has 3 rings (SSSR count). The first kappa shape index (κ1) is 18.3. The van der Waals surface area contributed by atoms with E-state index in [1.807, 2.05) is 30.3 Å². The molecule has 0 aliphatic rings. The number of H-pyrrole nitrogens is 1. The highest BCUT2D eigenvalue weighted by Gasteiger charge is 2.25. The topological polar surface area (TPSA) is 54.5 Å². The fourth-order valence-corrected chi connectivity index (χ4v) is 2.67. The monoisotopic (exact) mass is 366 g/mol. The van der Waals surface area contributed by atoms with Crippen LogP contribution in [0, 0.1) is 11.6 Å². The quantitative estimate of drug-likeness (QED) is 0.468. The number of nitrogens with zero attached hydrogens (tertiary/aromatic N) is 1. The Kier molecular flexibility index (Phi) is 5.26. The van der Waals surface area contributed by atoms with E-state index < -0.39 is 23.0 Å². The van der Waals surface area contributed by atoms with Crippen LogP contribution in [0.3, 0.4) is 0 Å². The molecule has 0 saturated carbocycles. The molecule has 0 aliphatic carbocycles. The third-order valence-corrected chi connectivity index (χ3v) is 4.03. The summed E-state index contributed by atoms with van der Waals surface area (Å²) in [5.41, 5.74) is 0.489. The van der Waals surface area contributed by atoms with E-state index in [4.69, 9.17) is 4.74 Å². The van der Waals surface area contributed by atoms with Gasteiger partial charge in [0.25, 0.3) is 0 Å². The number of aromatic amines is 1. The third kappa shape index (κ3) is 3.55. The summed E-state index contributed by atoms with van der Waals surface area (Å²) in [4.78, 5) is 19.2. The number of rotatable bonds is 7. The second-order valence-corrected chi connectivity index (χ2v) is 5.66. The second-order valence-electron chi connectivity index (χ2n) is 5.66. The molecule has 0 bridgehead atoms. The number of hydrogen-bond donors (Lipinski definition) is 1. The average Bonchev–Trinajstić information content (AvgIpc) is 3.11. The highest BCUT2D eigenvalue weighted by molar-refractivity contribution is 6.12. The van der Waals surface area contributed by atoms with Gasteiger partial charge in [0.05, 0.1) is 5.56 Å². The predicted molar refractivity (Wildman–Crippen MR) is 101 cm³/mol. The number of carbonyl (C=O) groups excluding carboxylic acids is 1. The number of ether oxygens (including phenoxy) is 1. The van der Waals surface area contributed by atoms with Gasteiger partial charge in [-0.2, -0.15) is 0 Å². The summed E-state index contributed by atoms with van der Waals surface area (Å²) in [6.45, 7) is 7.07. The number of ketones is 1. The lowest BCUT2D eigenvalue weighted by Crippen LogP contribution is -2.10. The zero-order valence-electron chi connectivity index (χ0n) is 14.3. The summed E-state index contributed by atoms with van der Waals surface area (Å²) in [5, 5.41) is 0. The minimum Gasteiger partial charge on any atom is -0.486 e. The van der Waals surface area contributed by atoms with Crippen LogP contribution in [0.15, 0.2) is 60.2 Å². The van der Waals surface area contributed by atoms with Crippen LogP contribution < -0.4 is 4.74 Å². The first-order chi connectivity index (χ1) is 13.1. The standard InChI is InChI=1S/C21H16F2N2O2/c1-3-14-15(11-25-21(14)24-2)20(26)18-16(22)9-10-17(19(18)23)27-12-13-7-5-4-6-8-13/h3-11,25H,1-2,12H2. The van der Waals surface area contributed by atoms with Gasteiger partial charge in [-0.05, 0) is 24.4 Å². The van der Waals surface area contributed by atoms with Crippen LogP contribution in [0.25, 0.3) is 6.08 Å². The van der Waals surface area contributed by atoms with Gasteiger partial charge >= 0.3 is 0 Å². The molecule has 136 valence electrons.